The van der Waals surface area contributed by atoms with Crippen LogP contribution in [0.3, 0.4) is 0 Å². The Labute approximate surface area is 228 Å². The van der Waals surface area contributed by atoms with Crippen molar-refractivity contribution in [2.75, 3.05) is 25.5 Å². The van der Waals surface area contributed by atoms with Gasteiger partial charge in [-0.15, -0.1) is 0 Å². The number of anilines is 2. The van der Waals surface area contributed by atoms with Crippen molar-refractivity contribution in [1.29, 1.82) is 0 Å². The number of nitrogens with one attached hydrogen (secondary N) is 2. The van der Waals surface area contributed by atoms with E-state index in [1.165, 1.54) is 19.8 Å². The van der Waals surface area contributed by atoms with Gasteiger partial charge in [0.1, 0.15) is 41.5 Å². The number of benzene rings is 2. The van der Waals surface area contributed by atoms with E-state index in [9.17, 15) is 8.78 Å². The van der Waals surface area contributed by atoms with Crippen LogP contribution in [0.15, 0.2) is 55.2 Å². The number of aryl methyl sites for hydroxylation is 2. The summed E-state index contributed by atoms with van der Waals surface area (Å²) in [6.07, 6.45) is 3.56. The molecule has 0 radical (unpaired) electrons. The first-order valence-electron chi connectivity index (χ1n) is 12.7. The molecule has 0 saturated carbocycles. The number of ether oxygens (including phenoxy) is 3. The van der Waals surface area contributed by atoms with Crippen molar-refractivity contribution in [2.45, 2.75) is 32.3 Å². The lowest BCUT2D eigenvalue weighted by molar-refractivity contribution is -0.108. The number of nitrogens with zero attached hydrogens (tertiary/aromatic N) is 5. The monoisotopic (exact) mass is 547 g/mol. The van der Waals surface area contributed by atoms with E-state index < -0.39 is 18.6 Å². The smallest absolute Gasteiger partial charge is 0.296 e. The Kier molecular flexibility index (Phi) is 6.54. The van der Waals surface area contributed by atoms with Crippen LogP contribution in [0.2, 0.25) is 0 Å². The lowest BCUT2D eigenvalue weighted by Gasteiger charge is -2.32. The third-order valence-corrected chi connectivity index (χ3v) is 6.90. The Morgan fingerprint density at radius 1 is 1.02 bits per heavy atom. The first-order valence-corrected chi connectivity index (χ1v) is 12.7. The first-order chi connectivity index (χ1) is 19.3. The van der Waals surface area contributed by atoms with Gasteiger partial charge in [0.05, 0.1) is 24.6 Å². The standard InChI is InChI=1S/C28H27F2N7O3/c1-16-10-18(4-5-21(16)39-22-7-9-37-27(17(22)2)34-15-35-37)36-26-25-20(32-14-33-26)11-19(38-3)12-23(25)40-24-6-8-31-13-28(24,29)30/h4-5,7,9-12,14-15,24,31H,6,8,13H2,1-3H3,(H,32,33,36)/t24-/m0/s1. The highest BCUT2D eigenvalue weighted by molar-refractivity contribution is 5.96. The molecule has 0 aliphatic carbocycles. The highest BCUT2D eigenvalue weighted by Crippen LogP contribution is 2.39. The van der Waals surface area contributed by atoms with Gasteiger partial charge in [0.15, 0.2) is 11.8 Å². The number of hydrogen-bond acceptors (Lipinski definition) is 9. The highest BCUT2D eigenvalue weighted by atomic mass is 19.3. The zero-order valence-electron chi connectivity index (χ0n) is 22.1. The first kappa shape index (κ1) is 25.7. The zero-order chi connectivity index (χ0) is 27.9. The van der Waals surface area contributed by atoms with Gasteiger partial charge in [-0.05, 0) is 50.2 Å². The minimum Gasteiger partial charge on any atom is -0.497 e. The van der Waals surface area contributed by atoms with Crippen molar-refractivity contribution in [1.82, 2.24) is 29.9 Å². The predicted octanol–water partition coefficient (Wildman–Crippen LogP) is 5.21. The minimum absolute atomic E-state index is 0.159. The highest BCUT2D eigenvalue weighted by Gasteiger charge is 2.43. The molecule has 2 N–H and O–H groups in total. The molecule has 4 heterocycles. The summed E-state index contributed by atoms with van der Waals surface area (Å²) in [5.74, 6) is -0.591. The van der Waals surface area contributed by atoms with Crippen molar-refractivity contribution in [2.24, 2.45) is 0 Å². The molecule has 1 atom stereocenters. The molecule has 6 rings (SSSR count). The number of piperidine rings is 1. The van der Waals surface area contributed by atoms with Crippen LogP contribution in [0, 0.1) is 13.8 Å². The largest absolute Gasteiger partial charge is 0.497 e. The van der Waals surface area contributed by atoms with E-state index in [2.05, 4.69) is 30.7 Å². The summed E-state index contributed by atoms with van der Waals surface area (Å²) in [7, 11) is 1.50. The van der Waals surface area contributed by atoms with E-state index in [1.54, 1.807) is 22.8 Å². The van der Waals surface area contributed by atoms with Gasteiger partial charge in [0.2, 0.25) is 0 Å². The molecule has 0 spiro atoms. The summed E-state index contributed by atoms with van der Waals surface area (Å²) in [6, 6.07) is 10.8. The molecule has 40 heavy (non-hydrogen) atoms. The van der Waals surface area contributed by atoms with Gasteiger partial charge in [0, 0.05) is 36.0 Å². The summed E-state index contributed by atoms with van der Waals surface area (Å²) >= 11 is 0. The summed E-state index contributed by atoms with van der Waals surface area (Å²) in [5.41, 5.74) is 3.69. The van der Waals surface area contributed by atoms with Gasteiger partial charge in [-0.2, -0.15) is 5.10 Å². The van der Waals surface area contributed by atoms with Crippen LogP contribution in [0.5, 0.6) is 23.0 Å². The number of aromatic nitrogens is 5. The number of halogens is 2. The average Bonchev–Trinajstić information content (AvgIpc) is 3.42. The quantitative estimate of drug-likeness (QED) is 0.284. The molecule has 1 saturated heterocycles. The zero-order valence-corrected chi connectivity index (χ0v) is 22.1. The third kappa shape index (κ3) is 4.81. The third-order valence-electron chi connectivity index (χ3n) is 6.90. The number of alkyl halides is 2. The van der Waals surface area contributed by atoms with E-state index in [0.717, 1.165) is 22.5 Å². The van der Waals surface area contributed by atoms with Gasteiger partial charge in [0.25, 0.3) is 5.92 Å². The van der Waals surface area contributed by atoms with E-state index in [-0.39, 0.29) is 12.2 Å². The van der Waals surface area contributed by atoms with Gasteiger partial charge in [-0.3, -0.25) is 0 Å². The number of fused-ring (bicyclic) bond motifs is 2. The second kappa shape index (κ2) is 10.2. The fraction of sp³-hybridized carbons (Fsp3) is 0.286. The summed E-state index contributed by atoms with van der Waals surface area (Å²) < 4.78 is 48.4. The Hall–Kier alpha value is -4.58. The number of rotatable bonds is 7. The molecule has 1 aliphatic rings. The van der Waals surface area contributed by atoms with Crippen molar-refractivity contribution in [3.05, 3.63) is 66.4 Å². The maximum atomic E-state index is 14.6. The fourth-order valence-corrected chi connectivity index (χ4v) is 4.76. The molecular formula is C28H27F2N7O3. The van der Waals surface area contributed by atoms with E-state index in [0.29, 0.717) is 40.5 Å². The Morgan fingerprint density at radius 3 is 2.70 bits per heavy atom. The van der Waals surface area contributed by atoms with Crippen LogP contribution >= 0.6 is 0 Å². The molecule has 5 aromatic rings. The normalized spacial score (nSPS) is 16.7. The van der Waals surface area contributed by atoms with E-state index in [1.807, 2.05) is 38.1 Å². The van der Waals surface area contributed by atoms with Gasteiger partial charge in [-0.1, -0.05) is 0 Å². The molecule has 0 bridgehead atoms. The van der Waals surface area contributed by atoms with Crippen molar-refractivity contribution >= 4 is 28.1 Å². The molecular weight excluding hydrogens is 520 g/mol. The van der Waals surface area contributed by atoms with Crippen molar-refractivity contribution in [3.63, 3.8) is 0 Å². The van der Waals surface area contributed by atoms with Crippen molar-refractivity contribution in [3.8, 4) is 23.0 Å². The molecule has 1 aliphatic heterocycles. The molecule has 206 valence electrons. The Balaban J connectivity index is 1.31. The van der Waals surface area contributed by atoms with Crippen LogP contribution in [0.25, 0.3) is 16.6 Å². The molecule has 0 amide bonds. The predicted molar refractivity (Wildman–Crippen MR) is 145 cm³/mol. The van der Waals surface area contributed by atoms with Crippen molar-refractivity contribution < 1.29 is 23.0 Å². The second-order valence-electron chi connectivity index (χ2n) is 9.62. The Bertz CT molecular complexity index is 1710. The molecule has 3 aromatic heterocycles. The van der Waals surface area contributed by atoms with E-state index in [4.69, 9.17) is 14.2 Å². The number of pyridine rings is 1. The minimum atomic E-state index is -3.03. The van der Waals surface area contributed by atoms with Gasteiger partial charge >= 0.3 is 0 Å². The maximum absolute atomic E-state index is 14.6. The van der Waals surface area contributed by atoms with Crippen LogP contribution in [-0.2, 0) is 0 Å². The summed E-state index contributed by atoms with van der Waals surface area (Å²) in [5, 5.41) is 10.6. The average molecular weight is 548 g/mol. The topological polar surface area (TPSA) is 108 Å². The van der Waals surface area contributed by atoms with Crippen LogP contribution < -0.4 is 24.8 Å². The number of methoxy groups -OCH3 is 1. The molecule has 12 heteroatoms. The molecule has 0 unspecified atom stereocenters. The molecule has 10 nitrogen and oxygen atoms in total. The van der Waals surface area contributed by atoms with Crippen LogP contribution in [-0.4, -0.2) is 56.8 Å². The molecule has 1 fully saturated rings. The number of hydrogen-bond donors (Lipinski definition) is 2. The van der Waals surface area contributed by atoms with Gasteiger partial charge < -0.3 is 24.8 Å². The Morgan fingerprint density at radius 2 is 1.90 bits per heavy atom. The molecule has 2 aromatic carbocycles. The SMILES string of the molecule is COc1cc(O[C@H]2CCNCC2(F)F)c2c(Nc3ccc(Oc4ccn5ncnc5c4C)c(C)c3)ncnc2c1. The summed E-state index contributed by atoms with van der Waals surface area (Å²) in [4.78, 5) is 13.0. The second-order valence-corrected chi connectivity index (χ2v) is 9.62. The van der Waals surface area contributed by atoms with Crippen LogP contribution in [0.1, 0.15) is 17.5 Å². The fourth-order valence-electron chi connectivity index (χ4n) is 4.76. The lowest BCUT2D eigenvalue weighted by atomic mass is 10.1. The lowest BCUT2D eigenvalue weighted by Crippen LogP contribution is -2.52. The maximum Gasteiger partial charge on any atom is 0.296 e. The summed E-state index contributed by atoms with van der Waals surface area (Å²) in [6.45, 7) is 3.85. The van der Waals surface area contributed by atoms with Gasteiger partial charge in [-0.25, -0.2) is 28.2 Å². The van der Waals surface area contributed by atoms with Crippen LogP contribution in [0.4, 0.5) is 20.3 Å². The van der Waals surface area contributed by atoms with E-state index >= 15 is 0 Å².